The van der Waals surface area contributed by atoms with Gasteiger partial charge in [-0.05, 0) is 23.6 Å². The molecule has 0 aliphatic heterocycles. The lowest BCUT2D eigenvalue weighted by Crippen LogP contribution is -1.97. The van der Waals surface area contributed by atoms with Crippen LogP contribution < -0.4 is 5.73 Å². The number of carbonyl (C=O) groups is 1. The van der Waals surface area contributed by atoms with Gasteiger partial charge in [-0.3, -0.25) is 4.79 Å². The third-order valence-corrected chi connectivity index (χ3v) is 2.85. The summed E-state index contributed by atoms with van der Waals surface area (Å²) in [4.78, 5) is 10.5. The van der Waals surface area contributed by atoms with Gasteiger partial charge in [-0.1, -0.05) is 42.5 Å². The molecule has 0 heterocycles. The second kappa shape index (κ2) is 5.36. The number of hydrogen-bond acceptors (Lipinski definition) is 2. The lowest BCUT2D eigenvalue weighted by atomic mass is 10.0. The number of para-hydroxylation sites is 1. The molecule has 0 aliphatic rings. The smallest absolute Gasteiger partial charge is 0.303 e. The second-order valence-electron chi connectivity index (χ2n) is 4.18. The molecule has 3 heteroatoms. The van der Waals surface area contributed by atoms with Crippen molar-refractivity contribution in [3.05, 3.63) is 54.1 Å². The summed E-state index contributed by atoms with van der Waals surface area (Å²) in [6.07, 6.45) is 0.715. The Balaban J connectivity index is 2.17. The Labute approximate surface area is 106 Å². The van der Waals surface area contributed by atoms with E-state index in [1.165, 1.54) is 0 Å². The quantitative estimate of drug-likeness (QED) is 0.809. The van der Waals surface area contributed by atoms with Gasteiger partial charge in [0.25, 0.3) is 0 Å². The van der Waals surface area contributed by atoms with Gasteiger partial charge in [-0.25, -0.2) is 0 Å². The number of carboxylic acid groups (broad SMARTS) is 1. The molecule has 2 aromatic carbocycles. The van der Waals surface area contributed by atoms with E-state index in [4.69, 9.17) is 10.8 Å². The van der Waals surface area contributed by atoms with Gasteiger partial charge in [-0.2, -0.15) is 0 Å². The summed E-state index contributed by atoms with van der Waals surface area (Å²) in [5, 5.41) is 8.63. The summed E-state index contributed by atoms with van der Waals surface area (Å²) in [5.74, 6) is -0.772. The molecule has 0 atom stereocenters. The van der Waals surface area contributed by atoms with E-state index in [0.29, 0.717) is 6.42 Å². The molecule has 0 fully saturated rings. The molecule has 0 unspecified atom stereocenters. The average molecular weight is 241 g/mol. The maximum Gasteiger partial charge on any atom is 0.303 e. The van der Waals surface area contributed by atoms with E-state index in [1.54, 1.807) is 0 Å². The Bertz CT molecular complexity index is 547. The highest BCUT2D eigenvalue weighted by atomic mass is 16.4. The van der Waals surface area contributed by atoms with Crippen LogP contribution in [0, 0.1) is 0 Å². The van der Waals surface area contributed by atoms with Gasteiger partial charge in [0.2, 0.25) is 0 Å². The van der Waals surface area contributed by atoms with E-state index in [0.717, 1.165) is 22.4 Å². The van der Waals surface area contributed by atoms with Crippen molar-refractivity contribution in [2.24, 2.45) is 0 Å². The van der Waals surface area contributed by atoms with Gasteiger partial charge in [0.15, 0.2) is 0 Å². The summed E-state index contributed by atoms with van der Waals surface area (Å²) in [5.41, 5.74) is 9.73. The molecule has 0 aliphatic carbocycles. The molecule has 3 N–H and O–H groups in total. The minimum atomic E-state index is -0.772. The van der Waals surface area contributed by atoms with Crippen molar-refractivity contribution < 1.29 is 9.90 Å². The molecule has 0 saturated heterocycles. The third-order valence-electron chi connectivity index (χ3n) is 2.85. The first-order valence-corrected chi connectivity index (χ1v) is 5.82. The number of nitrogen functional groups attached to an aromatic ring is 1. The predicted octanol–water partition coefficient (Wildman–Crippen LogP) is 2.95. The number of hydrogen-bond donors (Lipinski definition) is 2. The van der Waals surface area contributed by atoms with Gasteiger partial charge in [0.1, 0.15) is 0 Å². The van der Waals surface area contributed by atoms with Crippen molar-refractivity contribution in [3.8, 4) is 11.1 Å². The summed E-state index contributed by atoms with van der Waals surface area (Å²) in [7, 11) is 0. The largest absolute Gasteiger partial charge is 0.481 e. The first-order valence-electron chi connectivity index (χ1n) is 5.82. The standard InChI is InChI=1S/C15H15NO2/c16-14-4-2-1-3-13(14)12-8-5-11(6-9-12)7-10-15(17)18/h1-6,8-9H,7,10,16H2,(H,17,18). The minimum Gasteiger partial charge on any atom is -0.481 e. The van der Waals surface area contributed by atoms with Crippen molar-refractivity contribution in [2.75, 3.05) is 5.73 Å². The van der Waals surface area contributed by atoms with Crippen LogP contribution in [0.1, 0.15) is 12.0 Å². The van der Waals surface area contributed by atoms with Gasteiger partial charge in [0, 0.05) is 17.7 Å². The first-order chi connectivity index (χ1) is 8.66. The third kappa shape index (κ3) is 2.88. The van der Waals surface area contributed by atoms with Crippen LogP contribution in [0.5, 0.6) is 0 Å². The normalized spacial score (nSPS) is 10.2. The summed E-state index contributed by atoms with van der Waals surface area (Å²) in [6.45, 7) is 0. The van der Waals surface area contributed by atoms with E-state index >= 15 is 0 Å². The van der Waals surface area contributed by atoms with E-state index in [-0.39, 0.29) is 6.42 Å². The monoisotopic (exact) mass is 241 g/mol. The number of nitrogens with two attached hydrogens (primary N) is 1. The molecular weight excluding hydrogens is 226 g/mol. The maximum atomic E-state index is 10.5. The molecule has 0 spiro atoms. The Kier molecular flexibility index (Phi) is 3.63. The topological polar surface area (TPSA) is 63.3 Å². The molecule has 0 aromatic heterocycles. The molecular formula is C15H15NO2. The molecule has 18 heavy (non-hydrogen) atoms. The highest BCUT2D eigenvalue weighted by Crippen LogP contribution is 2.25. The lowest BCUT2D eigenvalue weighted by molar-refractivity contribution is -0.136. The van der Waals surface area contributed by atoms with Crippen LogP contribution in [-0.4, -0.2) is 11.1 Å². The zero-order valence-corrected chi connectivity index (χ0v) is 9.97. The summed E-state index contributed by atoms with van der Waals surface area (Å²) < 4.78 is 0. The van der Waals surface area contributed by atoms with Gasteiger partial charge < -0.3 is 10.8 Å². The number of aliphatic carboxylic acids is 1. The van der Waals surface area contributed by atoms with Crippen molar-refractivity contribution in [1.82, 2.24) is 0 Å². The molecule has 2 rings (SSSR count). The number of rotatable bonds is 4. The number of carboxylic acids is 1. The van der Waals surface area contributed by atoms with E-state index < -0.39 is 5.97 Å². The molecule has 0 amide bonds. The fraction of sp³-hybridized carbons (Fsp3) is 0.133. The molecule has 0 saturated carbocycles. The van der Waals surface area contributed by atoms with Crippen LogP contribution in [0.3, 0.4) is 0 Å². The summed E-state index contributed by atoms with van der Waals surface area (Å²) in [6, 6.07) is 15.5. The van der Waals surface area contributed by atoms with E-state index in [9.17, 15) is 4.79 Å². The predicted molar refractivity (Wildman–Crippen MR) is 72.2 cm³/mol. The first kappa shape index (κ1) is 12.2. The van der Waals surface area contributed by atoms with Crippen molar-refractivity contribution >= 4 is 11.7 Å². The Hall–Kier alpha value is -2.29. The van der Waals surface area contributed by atoms with Crippen LogP contribution >= 0.6 is 0 Å². The van der Waals surface area contributed by atoms with Gasteiger partial charge in [0.05, 0.1) is 0 Å². The minimum absolute atomic E-state index is 0.160. The van der Waals surface area contributed by atoms with Gasteiger partial charge in [-0.15, -0.1) is 0 Å². The molecule has 0 bridgehead atoms. The Morgan fingerprint density at radius 1 is 1.06 bits per heavy atom. The maximum absolute atomic E-state index is 10.5. The van der Waals surface area contributed by atoms with E-state index in [2.05, 4.69) is 0 Å². The van der Waals surface area contributed by atoms with Crippen molar-refractivity contribution in [1.29, 1.82) is 0 Å². The number of anilines is 1. The van der Waals surface area contributed by atoms with Crippen LogP contribution in [0.4, 0.5) is 5.69 Å². The van der Waals surface area contributed by atoms with Crippen molar-refractivity contribution in [2.45, 2.75) is 12.8 Å². The average Bonchev–Trinajstić information content (AvgIpc) is 2.38. The van der Waals surface area contributed by atoms with Crippen LogP contribution in [0.15, 0.2) is 48.5 Å². The van der Waals surface area contributed by atoms with Crippen molar-refractivity contribution in [3.63, 3.8) is 0 Å². The van der Waals surface area contributed by atoms with E-state index in [1.807, 2.05) is 48.5 Å². The lowest BCUT2D eigenvalue weighted by Gasteiger charge is -2.06. The number of aryl methyl sites for hydroxylation is 1. The second-order valence-corrected chi connectivity index (χ2v) is 4.18. The molecule has 2 aromatic rings. The van der Waals surface area contributed by atoms with Crippen LogP contribution in [-0.2, 0) is 11.2 Å². The SMILES string of the molecule is Nc1ccccc1-c1ccc(CCC(=O)O)cc1. The zero-order valence-electron chi connectivity index (χ0n) is 9.97. The Morgan fingerprint density at radius 3 is 2.33 bits per heavy atom. The Morgan fingerprint density at radius 2 is 1.72 bits per heavy atom. The molecule has 92 valence electrons. The fourth-order valence-electron chi connectivity index (χ4n) is 1.86. The highest BCUT2D eigenvalue weighted by molar-refractivity contribution is 5.76. The zero-order chi connectivity index (χ0) is 13.0. The summed E-state index contributed by atoms with van der Waals surface area (Å²) >= 11 is 0. The fourth-order valence-corrected chi connectivity index (χ4v) is 1.86. The highest BCUT2D eigenvalue weighted by Gasteiger charge is 2.03. The number of benzene rings is 2. The van der Waals surface area contributed by atoms with Gasteiger partial charge >= 0.3 is 5.97 Å². The van der Waals surface area contributed by atoms with Crippen LogP contribution in [0.2, 0.25) is 0 Å². The molecule has 0 radical (unpaired) electrons. The van der Waals surface area contributed by atoms with Crippen LogP contribution in [0.25, 0.3) is 11.1 Å². The molecule has 3 nitrogen and oxygen atoms in total.